The van der Waals surface area contributed by atoms with Gasteiger partial charge in [0.2, 0.25) is 0 Å². The molecule has 4 aromatic rings. The summed E-state index contributed by atoms with van der Waals surface area (Å²) in [7, 11) is 1.58. The summed E-state index contributed by atoms with van der Waals surface area (Å²) in [5.74, 6) is 0.651. The molecule has 6 heteroatoms. The normalized spacial score (nSPS) is 11.4. The molecule has 1 N–H and O–H groups in total. The zero-order chi connectivity index (χ0) is 24.6. The fraction of sp³-hybridized carbons (Fsp3) is 0.138. The SMILES string of the molecule is COc1cc(C(C)NC(=O)c2ccccc2C(=O)c2ccccc2)ccc1OCc1ccncc1. The van der Waals surface area contributed by atoms with E-state index in [4.69, 9.17) is 9.47 Å². The average molecular weight is 467 g/mol. The minimum Gasteiger partial charge on any atom is -0.493 e. The predicted octanol–water partition coefficient (Wildman–Crippen LogP) is 5.39. The summed E-state index contributed by atoms with van der Waals surface area (Å²) < 4.78 is 11.4. The summed E-state index contributed by atoms with van der Waals surface area (Å²) in [6.07, 6.45) is 3.43. The van der Waals surface area contributed by atoms with E-state index in [1.807, 2.05) is 43.3 Å². The van der Waals surface area contributed by atoms with Gasteiger partial charge in [0.1, 0.15) is 6.61 Å². The van der Waals surface area contributed by atoms with Crippen LogP contribution in [0.3, 0.4) is 0 Å². The molecule has 4 rings (SSSR count). The van der Waals surface area contributed by atoms with Crippen LogP contribution in [-0.2, 0) is 6.61 Å². The number of methoxy groups -OCH3 is 1. The van der Waals surface area contributed by atoms with Crippen molar-refractivity contribution >= 4 is 11.7 Å². The van der Waals surface area contributed by atoms with Crippen LogP contribution in [-0.4, -0.2) is 23.8 Å². The van der Waals surface area contributed by atoms with E-state index in [-0.39, 0.29) is 17.7 Å². The number of carbonyl (C=O) groups excluding carboxylic acids is 2. The number of benzene rings is 3. The number of hydrogen-bond acceptors (Lipinski definition) is 5. The van der Waals surface area contributed by atoms with Crippen LogP contribution in [0.15, 0.2) is 97.3 Å². The molecule has 0 fully saturated rings. The number of nitrogens with zero attached hydrogens (tertiary/aromatic N) is 1. The van der Waals surface area contributed by atoms with Gasteiger partial charge in [-0.15, -0.1) is 0 Å². The molecule has 1 atom stereocenters. The molecule has 1 heterocycles. The maximum atomic E-state index is 13.1. The number of nitrogens with one attached hydrogen (secondary N) is 1. The Labute approximate surface area is 204 Å². The molecule has 6 nitrogen and oxygen atoms in total. The molecule has 1 amide bonds. The van der Waals surface area contributed by atoms with Crippen molar-refractivity contribution < 1.29 is 19.1 Å². The van der Waals surface area contributed by atoms with Gasteiger partial charge >= 0.3 is 0 Å². The summed E-state index contributed by atoms with van der Waals surface area (Å²) >= 11 is 0. The van der Waals surface area contributed by atoms with Gasteiger partial charge in [-0.05, 0) is 48.4 Å². The largest absolute Gasteiger partial charge is 0.493 e. The van der Waals surface area contributed by atoms with Crippen molar-refractivity contribution in [1.82, 2.24) is 10.3 Å². The van der Waals surface area contributed by atoms with Crippen molar-refractivity contribution in [2.75, 3.05) is 7.11 Å². The molecule has 0 aliphatic heterocycles. The summed E-state index contributed by atoms with van der Waals surface area (Å²) in [6, 6.07) is 24.8. The second kappa shape index (κ2) is 11.1. The number of pyridine rings is 1. The molecule has 35 heavy (non-hydrogen) atoms. The summed E-state index contributed by atoms with van der Waals surface area (Å²) in [4.78, 5) is 30.1. The molecule has 0 spiro atoms. The molecule has 1 aromatic heterocycles. The molecule has 176 valence electrons. The monoisotopic (exact) mass is 466 g/mol. The third-order valence-corrected chi connectivity index (χ3v) is 5.63. The highest BCUT2D eigenvalue weighted by Crippen LogP contribution is 2.31. The van der Waals surface area contributed by atoms with Gasteiger partial charge in [-0.3, -0.25) is 14.6 Å². The summed E-state index contributed by atoms with van der Waals surface area (Å²) in [5, 5.41) is 2.99. The molecule has 0 bridgehead atoms. The standard InChI is InChI=1S/C29H26N2O4/c1-20(23-12-13-26(27(18-23)34-2)35-19-21-14-16-30-17-15-21)31-29(33)25-11-7-6-10-24(25)28(32)22-8-4-3-5-9-22/h3-18,20H,19H2,1-2H3,(H,31,33). The lowest BCUT2D eigenvalue weighted by atomic mass is 9.97. The van der Waals surface area contributed by atoms with E-state index >= 15 is 0 Å². The lowest BCUT2D eigenvalue weighted by molar-refractivity contribution is 0.0929. The highest BCUT2D eigenvalue weighted by molar-refractivity contribution is 6.15. The van der Waals surface area contributed by atoms with Crippen molar-refractivity contribution in [3.05, 3.63) is 125 Å². The third kappa shape index (κ3) is 5.73. The first-order valence-electron chi connectivity index (χ1n) is 11.3. The Morgan fingerprint density at radius 2 is 1.54 bits per heavy atom. The number of ketones is 1. The molecular weight excluding hydrogens is 440 g/mol. The van der Waals surface area contributed by atoms with Gasteiger partial charge in [0.25, 0.3) is 5.91 Å². The van der Waals surface area contributed by atoms with Crippen molar-refractivity contribution in [2.45, 2.75) is 19.6 Å². The Balaban J connectivity index is 1.48. The minimum atomic E-state index is -0.328. The van der Waals surface area contributed by atoms with Crippen molar-refractivity contribution in [1.29, 1.82) is 0 Å². The smallest absolute Gasteiger partial charge is 0.252 e. The van der Waals surface area contributed by atoms with E-state index in [1.54, 1.807) is 68.0 Å². The molecule has 0 saturated carbocycles. The molecule has 1 unspecified atom stereocenters. The lowest BCUT2D eigenvalue weighted by Crippen LogP contribution is -2.28. The molecule has 3 aromatic carbocycles. The average Bonchev–Trinajstić information content (AvgIpc) is 2.92. The highest BCUT2D eigenvalue weighted by Gasteiger charge is 2.20. The summed E-state index contributed by atoms with van der Waals surface area (Å²) in [5.41, 5.74) is 3.07. The van der Waals surface area contributed by atoms with Crippen LogP contribution in [0, 0.1) is 0 Å². The second-order valence-electron chi connectivity index (χ2n) is 7.99. The Bertz CT molecular complexity index is 1310. The van der Waals surface area contributed by atoms with Gasteiger partial charge in [0, 0.05) is 23.5 Å². The van der Waals surface area contributed by atoms with Crippen LogP contribution in [0.2, 0.25) is 0 Å². The number of rotatable bonds is 9. The van der Waals surface area contributed by atoms with Gasteiger partial charge in [0.05, 0.1) is 18.7 Å². The third-order valence-electron chi connectivity index (χ3n) is 5.63. The minimum absolute atomic E-state index is 0.193. The van der Waals surface area contributed by atoms with Crippen LogP contribution in [0.5, 0.6) is 11.5 Å². The Morgan fingerprint density at radius 1 is 0.857 bits per heavy atom. The fourth-order valence-electron chi connectivity index (χ4n) is 3.69. The number of aromatic nitrogens is 1. The predicted molar refractivity (Wildman–Crippen MR) is 134 cm³/mol. The van der Waals surface area contributed by atoms with Crippen LogP contribution in [0.4, 0.5) is 0 Å². The molecule has 0 saturated heterocycles. The first-order valence-corrected chi connectivity index (χ1v) is 11.3. The second-order valence-corrected chi connectivity index (χ2v) is 7.99. The maximum absolute atomic E-state index is 13.1. The van der Waals surface area contributed by atoms with E-state index in [1.165, 1.54) is 0 Å². The van der Waals surface area contributed by atoms with E-state index in [2.05, 4.69) is 10.3 Å². The Kier molecular flexibility index (Phi) is 7.53. The van der Waals surface area contributed by atoms with Gasteiger partial charge in [0.15, 0.2) is 17.3 Å². The van der Waals surface area contributed by atoms with Gasteiger partial charge in [-0.2, -0.15) is 0 Å². The number of carbonyl (C=O) groups is 2. The zero-order valence-corrected chi connectivity index (χ0v) is 19.6. The summed E-state index contributed by atoms with van der Waals surface area (Å²) in [6.45, 7) is 2.27. The van der Waals surface area contributed by atoms with Crippen molar-refractivity contribution in [3.8, 4) is 11.5 Å². The van der Waals surface area contributed by atoms with E-state index in [0.29, 0.717) is 34.8 Å². The number of hydrogen-bond donors (Lipinski definition) is 1. The van der Waals surface area contributed by atoms with E-state index in [9.17, 15) is 9.59 Å². The number of amides is 1. The van der Waals surface area contributed by atoms with E-state index in [0.717, 1.165) is 11.1 Å². The maximum Gasteiger partial charge on any atom is 0.252 e. The first kappa shape index (κ1) is 23.7. The Morgan fingerprint density at radius 3 is 2.26 bits per heavy atom. The lowest BCUT2D eigenvalue weighted by Gasteiger charge is -2.18. The van der Waals surface area contributed by atoms with Crippen LogP contribution >= 0.6 is 0 Å². The van der Waals surface area contributed by atoms with Gasteiger partial charge in [-0.25, -0.2) is 0 Å². The van der Waals surface area contributed by atoms with Crippen molar-refractivity contribution in [2.24, 2.45) is 0 Å². The highest BCUT2D eigenvalue weighted by atomic mass is 16.5. The van der Waals surface area contributed by atoms with Gasteiger partial charge < -0.3 is 14.8 Å². The molecule has 0 radical (unpaired) electrons. The van der Waals surface area contributed by atoms with E-state index < -0.39 is 0 Å². The van der Waals surface area contributed by atoms with Crippen LogP contribution < -0.4 is 14.8 Å². The molecular formula is C29H26N2O4. The molecule has 0 aliphatic rings. The fourth-order valence-corrected chi connectivity index (χ4v) is 3.69. The Hall–Kier alpha value is -4.45. The van der Waals surface area contributed by atoms with Crippen molar-refractivity contribution in [3.63, 3.8) is 0 Å². The topological polar surface area (TPSA) is 77.5 Å². The zero-order valence-electron chi connectivity index (χ0n) is 19.6. The number of ether oxygens (including phenoxy) is 2. The quantitative estimate of drug-likeness (QED) is 0.335. The first-order chi connectivity index (χ1) is 17.1. The molecule has 0 aliphatic carbocycles. The van der Waals surface area contributed by atoms with Gasteiger partial charge in [-0.1, -0.05) is 54.6 Å². The van der Waals surface area contributed by atoms with Crippen LogP contribution in [0.25, 0.3) is 0 Å². The van der Waals surface area contributed by atoms with Crippen LogP contribution in [0.1, 0.15) is 50.4 Å².